The van der Waals surface area contributed by atoms with Crippen LogP contribution in [0.2, 0.25) is 0 Å². The molecule has 0 aliphatic rings. The molecule has 0 saturated carbocycles. The number of hydrogen-bond donors (Lipinski definition) is 1. The molecule has 1 aromatic carbocycles. The van der Waals surface area contributed by atoms with Crippen molar-refractivity contribution in [1.82, 2.24) is 0 Å². The van der Waals surface area contributed by atoms with Gasteiger partial charge in [0.2, 0.25) is 0 Å². The van der Waals surface area contributed by atoms with Crippen molar-refractivity contribution in [3.63, 3.8) is 0 Å². The van der Waals surface area contributed by atoms with E-state index >= 15 is 0 Å². The van der Waals surface area contributed by atoms with Gasteiger partial charge in [-0.3, -0.25) is 0 Å². The lowest BCUT2D eigenvalue weighted by molar-refractivity contribution is 0.0959. The Morgan fingerprint density at radius 3 is 2.62 bits per heavy atom. The van der Waals surface area contributed by atoms with Crippen molar-refractivity contribution in [2.45, 2.75) is 25.9 Å². The van der Waals surface area contributed by atoms with Gasteiger partial charge in [-0.15, -0.1) is 0 Å². The van der Waals surface area contributed by atoms with Crippen molar-refractivity contribution in [3.8, 4) is 0 Å². The largest absolute Gasteiger partial charge is 0.382 e. The van der Waals surface area contributed by atoms with E-state index in [1.165, 1.54) is 10.0 Å². The Bertz CT molecular complexity index is 317. The monoisotopic (exact) mass is 285 g/mol. The van der Waals surface area contributed by atoms with Crippen LogP contribution in [-0.4, -0.2) is 19.8 Å². The molecule has 3 heteroatoms. The third-order valence-electron chi connectivity index (χ3n) is 2.87. The fourth-order valence-corrected chi connectivity index (χ4v) is 2.25. The lowest BCUT2D eigenvalue weighted by Gasteiger charge is -2.19. The van der Waals surface area contributed by atoms with Gasteiger partial charge in [-0.25, -0.2) is 0 Å². The molecule has 0 amide bonds. The first kappa shape index (κ1) is 13.7. The molecule has 0 spiro atoms. The Kier molecular flexibility index (Phi) is 6.03. The Morgan fingerprint density at radius 2 is 2.06 bits per heavy atom. The summed E-state index contributed by atoms with van der Waals surface area (Å²) in [6.45, 7) is 2.79. The number of halogens is 1. The Morgan fingerprint density at radius 1 is 1.38 bits per heavy atom. The third-order valence-corrected chi connectivity index (χ3v) is 3.64. The van der Waals surface area contributed by atoms with Gasteiger partial charge in [0, 0.05) is 11.6 Å². The molecule has 2 atom stereocenters. The van der Waals surface area contributed by atoms with Crippen LogP contribution in [0, 0.1) is 5.92 Å². The average Bonchev–Trinajstić information content (AvgIpc) is 2.30. The molecule has 2 unspecified atom stereocenters. The minimum Gasteiger partial charge on any atom is -0.382 e. The minimum atomic E-state index is 0.274. The minimum absolute atomic E-state index is 0.274. The van der Waals surface area contributed by atoms with Crippen LogP contribution in [0.5, 0.6) is 0 Å². The molecule has 0 radical (unpaired) electrons. The fourth-order valence-electron chi connectivity index (χ4n) is 1.80. The first-order chi connectivity index (χ1) is 7.67. The summed E-state index contributed by atoms with van der Waals surface area (Å²) in [7, 11) is 1.75. The number of nitrogens with two attached hydrogens (primary N) is 1. The van der Waals surface area contributed by atoms with Crippen molar-refractivity contribution >= 4 is 15.9 Å². The van der Waals surface area contributed by atoms with Crippen LogP contribution in [0.1, 0.15) is 18.9 Å². The van der Waals surface area contributed by atoms with E-state index in [9.17, 15) is 0 Å². The highest BCUT2D eigenvalue weighted by molar-refractivity contribution is 9.10. The molecular weight excluding hydrogens is 266 g/mol. The molecule has 0 fully saturated rings. The van der Waals surface area contributed by atoms with Gasteiger partial charge in [0.25, 0.3) is 0 Å². The SMILES string of the molecule is COC(C)CC(CN)Cc1ccccc1Br. The van der Waals surface area contributed by atoms with Gasteiger partial charge in [0.1, 0.15) is 0 Å². The number of benzene rings is 1. The predicted octanol–water partition coefficient (Wildman–Crippen LogP) is 2.99. The molecule has 0 saturated heterocycles. The first-order valence-electron chi connectivity index (χ1n) is 5.63. The summed E-state index contributed by atoms with van der Waals surface area (Å²) in [6.07, 6.45) is 2.29. The van der Waals surface area contributed by atoms with Gasteiger partial charge in [-0.05, 0) is 43.9 Å². The van der Waals surface area contributed by atoms with E-state index in [0.717, 1.165) is 12.8 Å². The summed E-state index contributed by atoms with van der Waals surface area (Å²) in [4.78, 5) is 0. The maximum Gasteiger partial charge on any atom is 0.0546 e. The molecular formula is C13H20BrNO. The maximum atomic E-state index is 5.80. The lowest BCUT2D eigenvalue weighted by atomic mass is 9.94. The number of ether oxygens (including phenoxy) is 1. The summed E-state index contributed by atoms with van der Waals surface area (Å²) < 4.78 is 6.45. The van der Waals surface area contributed by atoms with E-state index in [-0.39, 0.29) is 6.10 Å². The second kappa shape index (κ2) is 7.05. The summed E-state index contributed by atoms with van der Waals surface area (Å²) in [5.74, 6) is 0.480. The smallest absolute Gasteiger partial charge is 0.0546 e. The van der Waals surface area contributed by atoms with Gasteiger partial charge in [0.05, 0.1) is 6.10 Å². The van der Waals surface area contributed by atoms with Gasteiger partial charge in [0.15, 0.2) is 0 Å². The quantitative estimate of drug-likeness (QED) is 0.872. The van der Waals surface area contributed by atoms with E-state index < -0.39 is 0 Å². The Labute approximate surface area is 106 Å². The molecule has 16 heavy (non-hydrogen) atoms. The molecule has 0 aromatic heterocycles. The molecule has 0 aliphatic carbocycles. The van der Waals surface area contributed by atoms with E-state index in [4.69, 9.17) is 10.5 Å². The molecule has 2 nitrogen and oxygen atoms in total. The second-order valence-electron chi connectivity index (χ2n) is 4.18. The van der Waals surface area contributed by atoms with Crippen LogP contribution >= 0.6 is 15.9 Å². The lowest BCUT2D eigenvalue weighted by Crippen LogP contribution is -2.22. The predicted molar refractivity (Wildman–Crippen MR) is 71.5 cm³/mol. The van der Waals surface area contributed by atoms with E-state index in [2.05, 4.69) is 41.1 Å². The van der Waals surface area contributed by atoms with Gasteiger partial charge in [-0.1, -0.05) is 34.1 Å². The van der Waals surface area contributed by atoms with Crippen LogP contribution in [0.15, 0.2) is 28.7 Å². The zero-order valence-electron chi connectivity index (χ0n) is 9.95. The summed E-state index contributed by atoms with van der Waals surface area (Å²) in [5, 5.41) is 0. The number of methoxy groups -OCH3 is 1. The molecule has 0 heterocycles. The molecule has 90 valence electrons. The highest BCUT2D eigenvalue weighted by atomic mass is 79.9. The van der Waals surface area contributed by atoms with Crippen LogP contribution in [0.3, 0.4) is 0 Å². The number of rotatable bonds is 6. The van der Waals surface area contributed by atoms with E-state index in [0.29, 0.717) is 12.5 Å². The zero-order chi connectivity index (χ0) is 12.0. The third kappa shape index (κ3) is 4.24. The normalized spacial score (nSPS) is 14.8. The zero-order valence-corrected chi connectivity index (χ0v) is 11.5. The van der Waals surface area contributed by atoms with Crippen molar-refractivity contribution < 1.29 is 4.74 Å². The summed E-state index contributed by atoms with van der Waals surface area (Å²) >= 11 is 3.57. The van der Waals surface area contributed by atoms with Gasteiger partial charge >= 0.3 is 0 Å². The first-order valence-corrected chi connectivity index (χ1v) is 6.43. The summed E-state index contributed by atoms with van der Waals surface area (Å²) in [6, 6.07) is 8.31. The van der Waals surface area contributed by atoms with Crippen LogP contribution in [-0.2, 0) is 11.2 Å². The Hall–Kier alpha value is -0.380. The fraction of sp³-hybridized carbons (Fsp3) is 0.538. The second-order valence-corrected chi connectivity index (χ2v) is 5.03. The maximum absolute atomic E-state index is 5.80. The van der Waals surface area contributed by atoms with Crippen LogP contribution in [0.4, 0.5) is 0 Å². The van der Waals surface area contributed by atoms with Gasteiger partial charge < -0.3 is 10.5 Å². The van der Waals surface area contributed by atoms with Crippen LogP contribution in [0.25, 0.3) is 0 Å². The Balaban J connectivity index is 2.60. The standard InChI is InChI=1S/C13H20BrNO/c1-10(16-2)7-11(9-15)8-12-5-3-4-6-13(12)14/h3-6,10-11H,7-9,15H2,1-2H3. The van der Waals surface area contributed by atoms with Crippen molar-refractivity contribution in [2.75, 3.05) is 13.7 Å². The number of hydrogen-bond acceptors (Lipinski definition) is 2. The molecule has 1 aromatic rings. The van der Waals surface area contributed by atoms with Crippen molar-refractivity contribution in [3.05, 3.63) is 34.3 Å². The topological polar surface area (TPSA) is 35.2 Å². The molecule has 1 rings (SSSR count). The van der Waals surface area contributed by atoms with E-state index in [1.54, 1.807) is 7.11 Å². The van der Waals surface area contributed by atoms with Crippen molar-refractivity contribution in [2.24, 2.45) is 11.7 Å². The van der Waals surface area contributed by atoms with Gasteiger partial charge in [-0.2, -0.15) is 0 Å². The molecule has 2 N–H and O–H groups in total. The molecule has 0 bridgehead atoms. The molecule has 0 aliphatic heterocycles. The average molecular weight is 286 g/mol. The highest BCUT2D eigenvalue weighted by Gasteiger charge is 2.13. The highest BCUT2D eigenvalue weighted by Crippen LogP contribution is 2.21. The van der Waals surface area contributed by atoms with Crippen molar-refractivity contribution in [1.29, 1.82) is 0 Å². The van der Waals surface area contributed by atoms with Crippen LogP contribution < -0.4 is 5.73 Å². The summed E-state index contributed by atoms with van der Waals surface area (Å²) in [5.41, 5.74) is 7.12. The van der Waals surface area contributed by atoms with E-state index in [1.807, 2.05) is 6.07 Å².